The fourth-order valence-corrected chi connectivity index (χ4v) is 2.19. The Hall–Kier alpha value is -1.51. The van der Waals surface area contributed by atoms with E-state index in [1.807, 2.05) is 7.05 Å². The Morgan fingerprint density at radius 1 is 1.33 bits per heavy atom. The van der Waals surface area contributed by atoms with Crippen molar-refractivity contribution in [2.75, 3.05) is 7.05 Å². The van der Waals surface area contributed by atoms with Crippen LogP contribution in [0.1, 0.15) is 25.8 Å². The number of hydrogen-bond acceptors (Lipinski definition) is 1. The molecule has 0 bridgehead atoms. The summed E-state index contributed by atoms with van der Waals surface area (Å²) in [5.74, 6) is 1.67. The summed E-state index contributed by atoms with van der Waals surface area (Å²) in [7, 11) is 1.83. The van der Waals surface area contributed by atoms with Crippen molar-refractivity contribution in [3.05, 3.63) is 35.9 Å². The van der Waals surface area contributed by atoms with Crippen LogP contribution in [-0.4, -0.2) is 25.1 Å². The van der Waals surface area contributed by atoms with Gasteiger partial charge in [-0.25, -0.2) is 0 Å². The van der Waals surface area contributed by atoms with E-state index < -0.39 is 0 Å². The topological polar surface area (TPSA) is 36.4 Å². The van der Waals surface area contributed by atoms with E-state index in [-0.39, 0.29) is 0 Å². The smallest absolute Gasteiger partial charge is 0.191 e. The van der Waals surface area contributed by atoms with Gasteiger partial charge in [-0.2, -0.15) is 0 Å². The first-order chi connectivity index (χ1) is 8.69. The van der Waals surface area contributed by atoms with Gasteiger partial charge in [0.05, 0.1) is 0 Å². The maximum absolute atomic E-state index is 4.24. The van der Waals surface area contributed by atoms with Gasteiger partial charge >= 0.3 is 0 Å². The highest BCUT2D eigenvalue weighted by Crippen LogP contribution is 2.33. The van der Waals surface area contributed by atoms with Gasteiger partial charge < -0.3 is 10.6 Å². The molecule has 18 heavy (non-hydrogen) atoms. The number of guanidine groups is 1. The minimum atomic E-state index is 0.419. The number of hydrogen-bond donors (Lipinski definition) is 2. The Labute approximate surface area is 110 Å². The largest absolute Gasteiger partial charge is 0.354 e. The highest BCUT2D eigenvalue weighted by Gasteiger charge is 2.37. The number of aliphatic imine (C=N–C) groups is 1. The van der Waals surface area contributed by atoms with E-state index in [0.717, 1.165) is 18.3 Å². The Morgan fingerprint density at radius 3 is 2.67 bits per heavy atom. The summed E-state index contributed by atoms with van der Waals surface area (Å²) in [6.45, 7) is 4.25. The third-order valence-corrected chi connectivity index (χ3v) is 3.23. The molecule has 3 heteroatoms. The first-order valence-electron chi connectivity index (χ1n) is 6.73. The molecular formula is C15H23N3. The van der Waals surface area contributed by atoms with Crippen molar-refractivity contribution in [3.63, 3.8) is 0 Å². The van der Waals surface area contributed by atoms with Gasteiger partial charge in [-0.05, 0) is 38.2 Å². The molecule has 2 N–H and O–H groups in total. The van der Waals surface area contributed by atoms with Crippen LogP contribution in [0.2, 0.25) is 0 Å². The zero-order valence-electron chi connectivity index (χ0n) is 11.5. The van der Waals surface area contributed by atoms with Crippen LogP contribution in [0.3, 0.4) is 0 Å². The second kappa shape index (κ2) is 5.89. The number of nitrogens with zero attached hydrogens (tertiary/aromatic N) is 1. The predicted molar refractivity (Wildman–Crippen MR) is 76.8 cm³/mol. The molecule has 1 saturated carbocycles. The molecule has 2 atom stereocenters. The molecule has 0 spiro atoms. The molecule has 2 unspecified atom stereocenters. The minimum Gasteiger partial charge on any atom is -0.354 e. The van der Waals surface area contributed by atoms with Crippen LogP contribution in [0.15, 0.2) is 35.3 Å². The van der Waals surface area contributed by atoms with Gasteiger partial charge in [0.25, 0.3) is 0 Å². The molecule has 2 rings (SSSR count). The lowest BCUT2D eigenvalue weighted by molar-refractivity contribution is 0.677. The monoisotopic (exact) mass is 245 g/mol. The van der Waals surface area contributed by atoms with Crippen molar-refractivity contribution in [1.82, 2.24) is 10.6 Å². The van der Waals surface area contributed by atoms with Crippen LogP contribution in [-0.2, 0) is 6.42 Å². The van der Waals surface area contributed by atoms with E-state index >= 15 is 0 Å². The summed E-state index contributed by atoms with van der Waals surface area (Å²) in [5, 5.41) is 6.81. The van der Waals surface area contributed by atoms with E-state index in [4.69, 9.17) is 0 Å². The molecule has 1 aromatic carbocycles. The SMILES string of the molecule is CN=C(NC(C)C)NC1CC1Cc1ccccc1. The summed E-state index contributed by atoms with van der Waals surface area (Å²) < 4.78 is 0. The lowest BCUT2D eigenvalue weighted by Gasteiger charge is -2.14. The summed E-state index contributed by atoms with van der Waals surface area (Å²) in [6, 6.07) is 11.7. The van der Waals surface area contributed by atoms with E-state index in [1.165, 1.54) is 12.0 Å². The maximum Gasteiger partial charge on any atom is 0.191 e. The number of nitrogens with one attached hydrogen (secondary N) is 2. The van der Waals surface area contributed by atoms with Crippen molar-refractivity contribution < 1.29 is 0 Å². The van der Waals surface area contributed by atoms with Gasteiger partial charge in [-0.15, -0.1) is 0 Å². The molecule has 1 aromatic rings. The van der Waals surface area contributed by atoms with Crippen molar-refractivity contribution in [1.29, 1.82) is 0 Å². The van der Waals surface area contributed by atoms with Gasteiger partial charge in [-0.1, -0.05) is 30.3 Å². The zero-order valence-corrected chi connectivity index (χ0v) is 11.5. The summed E-state index contributed by atoms with van der Waals surface area (Å²) in [5.41, 5.74) is 1.43. The van der Waals surface area contributed by atoms with Crippen molar-refractivity contribution in [2.24, 2.45) is 10.9 Å². The third-order valence-electron chi connectivity index (χ3n) is 3.23. The zero-order chi connectivity index (χ0) is 13.0. The van der Waals surface area contributed by atoms with Gasteiger partial charge in [0.15, 0.2) is 5.96 Å². The third kappa shape index (κ3) is 3.76. The number of rotatable bonds is 4. The van der Waals surface area contributed by atoms with Gasteiger partial charge in [0.2, 0.25) is 0 Å². The van der Waals surface area contributed by atoms with Gasteiger partial charge in [-0.3, -0.25) is 4.99 Å². The molecule has 0 heterocycles. The highest BCUT2D eigenvalue weighted by atomic mass is 15.2. The Kier molecular flexibility index (Phi) is 4.24. The first-order valence-corrected chi connectivity index (χ1v) is 6.73. The highest BCUT2D eigenvalue weighted by molar-refractivity contribution is 5.80. The van der Waals surface area contributed by atoms with Gasteiger partial charge in [0, 0.05) is 19.1 Å². The van der Waals surface area contributed by atoms with Crippen molar-refractivity contribution in [3.8, 4) is 0 Å². The van der Waals surface area contributed by atoms with Crippen LogP contribution in [0, 0.1) is 5.92 Å². The first kappa shape index (κ1) is 12.9. The molecule has 1 aliphatic carbocycles. The molecule has 0 saturated heterocycles. The van der Waals surface area contributed by atoms with Gasteiger partial charge in [0.1, 0.15) is 0 Å². The number of benzene rings is 1. The molecule has 0 amide bonds. The average molecular weight is 245 g/mol. The Bertz CT molecular complexity index is 397. The van der Waals surface area contributed by atoms with E-state index in [0.29, 0.717) is 12.1 Å². The molecule has 3 nitrogen and oxygen atoms in total. The van der Waals surface area contributed by atoms with E-state index in [1.54, 1.807) is 0 Å². The molecule has 0 radical (unpaired) electrons. The predicted octanol–water partition coefficient (Wildman–Crippen LogP) is 2.19. The fourth-order valence-electron chi connectivity index (χ4n) is 2.19. The molecular weight excluding hydrogens is 222 g/mol. The van der Waals surface area contributed by atoms with E-state index in [9.17, 15) is 0 Å². The lowest BCUT2D eigenvalue weighted by Crippen LogP contribution is -2.42. The molecule has 98 valence electrons. The van der Waals surface area contributed by atoms with Crippen LogP contribution in [0.25, 0.3) is 0 Å². The normalized spacial score (nSPS) is 23.0. The fraction of sp³-hybridized carbons (Fsp3) is 0.533. The van der Waals surface area contributed by atoms with Crippen LogP contribution in [0.5, 0.6) is 0 Å². The van der Waals surface area contributed by atoms with Crippen molar-refractivity contribution >= 4 is 5.96 Å². The quantitative estimate of drug-likeness (QED) is 0.630. The van der Waals surface area contributed by atoms with Crippen LogP contribution < -0.4 is 10.6 Å². The van der Waals surface area contributed by atoms with Crippen molar-refractivity contribution in [2.45, 2.75) is 38.8 Å². The summed E-state index contributed by atoms with van der Waals surface area (Å²) >= 11 is 0. The second-order valence-corrected chi connectivity index (χ2v) is 5.31. The summed E-state index contributed by atoms with van der Waals surface area (Å²) in [4.78, 5) is 4.24. The standard InChI is InChI=1S/C15H23N3/c1-11(2)17-15(16-3)18-14-10-13(14)9-12-7-5-4-6-8-12/h4-8,11,13-14H,9-10H2,1-3H3,(H2,16,17,18). The minimum absolute atomic E-state index is 0.419. The molecule has 0 aromatic heterocycles. The average Bonchev–Trinajstić information content (AvgIpc) is 3.07. The maximum atomic E-state index is 4.24. The Balaban J connectivity index is 1.78. The second-order valence-electron chi connectivity index (χ2n) is 5.31. The molecule has 1 aliphatic rings. The summed E-state index contributed by atoms with van der Waals surface area (Å²) in [6.07, 6.45) is 2.41. The Morgan fingerprint density at radius 2 is 2.06 bits per heavy atom. The van der Waals surface area contributed by atoms with Crippen LogP contribution >= 0.6 is 0 Å². The molecule has 0 aliphatic heterocycles. The lowest BCUT2D eigenvalue weighted by atomic mass is 10.1. The molecule has 1 fully saturated rings. The van der Waals surface area contributed by atoms with E-state index in [2.05, 4.69) is 59.8 Å². The van der Waals surface area contributed by atoms with Crippen LogP contribution in [0.4, 0.5) is 0 Å².